The molecule has 2 unspecified atom stereocenters. The third-order valence-corrected chi connectivity index (χ3v) is 13.7. The Morgan fingerprint density at radius 1 is 0.842 bits per heavy atom. The number of esters is 1. The van der Waals surface area contributed by atoms with Crippen LogP contribution < -0.4 is 11.5 Å². The van der Waals surface area contributed by atoms with Gasteiger partial charge in [0.05, 0.1) is 33.0 Å². The number of nitrogens with zero attached hydrogens (tertiary/aromatic N) is 1. The standard InChI is InChI=1S/C12H15N3O3S2.C12H14O4S2/c1-6-3-9-10(20(17,18)7(2)5-19-9)4-8(6)11(16)15-12(13)14;1-7-4-10-11(5-9(7)12(13)16-3)18(14,15)8(2)6-17-10/h3-4,7H,5H2,1-2H3,(H4,13,14,15,16);4-5,8H,6H2,1-3H3. The number of carbonyl (C=O) groups is 2. The molecule has 0 aliphatic carbocycles. The van der Waals surface area contributed by atoms with Crippen LogP contribution in [-0.4, -0.2) is 63.8 Å². The van der Waals surface area contributed by atoms with Gasteiger partial charge in [0.15, 0.2) is 25.6 Å². The second-order valence-electron chi connectivity index (χ2n) is 8.89. The van der Waals surface area contributed by atoms with E-state index in [9.17, 15) is 26.4 Å². The molecule has 0 radical (unpaired) electrons. The molecule has 1 amide bonds. The Morgan fingerprint density at radius 2 is 1.26 bits per heavy atom. The summed E-state index contributed by atoms with van der Waals surface area (Å²) in [7, 11) is -5.45. The van der Waals surface area contributed by atoms with E-state index in [-0.39, 0.29) is 21.3 Å². The lowest BCUT2D eigenvalue weighted by molar-refractivity contribution is 0.0599. The van der Waals surface area contributed by atoms with Gasteiger partial charge in [0.2, 0.25) is 0 Å². The second-order valence-corrected chi connectivity index (χ2v) is 15.7. The molecule has 14 heteroatoms. The molecule has 2 aromatic rings. The molecule has 0 bridgehead atoms. The summed E-state index contributed by atoms with van der Waals surface area (Å²) >= 11 is 2.98. The van der Waals surface area contributed by atoms with Crippen LogP contribution in [0.15, 0.2) is 48.8 Å². The minimum absolute atomic E-state index is 0.181. The van der Waals surface area contributed by atoms with Gasteiger partial charge in [-0.3, -0.25) is 4.79 Å². The third-order valence-electron chi connectivity index (χ3n) is 6.07. The molecule has 10 nitrogen and oxygen atoms in total. The molecule has 4 N–H and O–H groups in total. The highest BCUT2D eigenvalue weighted by Gasteiger charge is 2.33. The number of methoxy groups -OCH3 is 1. The number of thioether (sulfide) groups is 2. The minimum atomic E-state index is -3.41. The lowest BCUT2D eigenvalue weighted by atomic mass is 10.1. The Morgan fingerprint density at radius 3 is 1.68 bits per heavy atom. The fourth-order valence-corrected chi connectivity index (χ4v) is 10.5. The number of guanidine groups is 1. The number of hydrogen-bond acceptors (Lipinski definition) is 9. The largest absolute Gasteiger partial charge is 0.465 e. The third kappa shape index (κ3) is 5.87. The summed E-state index contributed by atoms with van der Waals surface area (Å²) in [4.78, 5) is 28.8. The maximum absolute atomic E-state index is 12.3. The molecule has 2 aliphatic heterocycles. The van der Waals surface area contributed by atoms with Gasteiger partial charge < -0.3 is 16.2 Å². The molecule has 0 saturated heterocycles. The predicted molar refractivity (Wildman–Crippen MR) is 149 cm³/mol. The van der Waals surface area contributed by atoms with Crippen molar-refractivity contribution in [3.8, 4) is 0 Å². The minimum Gasteiger partial charge on any atom is -0.465 e. The normalized spacial score (nSPS) is 20.6. The van der Waals surface area contributed by atoms with E-state index >= 15 is 0 Å². The van der Waals surface area contributed by atoms with E-state index in [1.807, 2.05) is 0 Å². The van der Waals surface area contributed by atoms with Crippen molar-refractivity contribution in [3.05, 3.63) is 46.5 Å². The van der Waals surface area contributed by atoms with E-state index in [0.29, 0.717) is 27.5 Å². The molecule has 0 spiro atoms. The van der Waals surface area contributed by atoms with E-state index in [4.69, 9.17) is 11.5 Å². The Kier molecular flexibility index (Phi) is 8.91. The van der Waals surface area contributed by atoms with E-state index in [0.717, 1.165) is 10.5 Å². The highest BCUT2D eigenvalue weighted by atomic mass is 32.2. The zero-order valence-electron chi connectivity index (χ0n) is 21.5. The first-order valence-electron chi connectivity index (χ1n) is 11.4. The van der Waals surface area contributed by atoms with Crippen LogP contribution >= 0.6 is 23.5 Å². The monoisotopic (exact) mass is 599 g/mol. The fourth-order valence-electron chi connectivity index (χ4n) is 3.76. The molecule has 4 rings (SSSR count). The van der Waals surface area contributed by atoms with Crippen LogP contribution in [0.4, 0.5) is 0 Å². The molecule has 2 aromatic carbocycles. The molecule has 2 atom stereocenters. The van der Waals surface area contributed by atoms with Gasteiger partial charge in [0, 0.05) is 26.9 Å². The number of amides is 1. The summed E-state index contributed by atoms with van der Waals surface area (Å²) in [5.41, 5.74) is 12.3. The molecule has 0 fully saturated rings. The number of sulfone groups is 2. The summed E-state index contributed by atoms with van der Waals surface area (Å²) in [5, 5.41) is -0.906. The van der Waals surface area contributed by atoms with Crippen LogP contribution in [0.25, 0.3) is 0 Å². The Balaban J connectivity index is 0.000000212. The number of fused-ring (bicyclic) bond motifs is 2. The maximum Gasteiger partial charge on any atom is 0.338 e. The van der Waals surface area contributed by atoms with Gasteiger partial charge >= 0.3 is 5.97 Å². The van der Waals surface area contributed by atoms with E-state index < -0.39 is 42.1 Å². The molecular formula is C24H29N3O7S4. The van der Waals surface area contributed by atoms with Gasteiger partial charge in [-0.05, 0) is 63.1 Å². The Hall–Kier alpha value is -2.55. The smallest absolute Gasteiger partial charge is 0.338 e. The van der Waals surface area contributed by atoms with Crippen LogP contribution in [0.3, 0.4) is 0 Å². The molecule has 0 saturated carbocycles. The van der Waals surface area contributed by atoms with Gasteiger partial charge in [-0.2, -0.15) is 4.99 Å². The van der Waals surface area contributed by atoms with Crippen LogP contribution in [0.1, 0.15) is 45.7 Å². The number of rotatable bonds is 2. The summed E-state index contributed by atoms with van der Waals surface area (Å²) in [5.74, 6) is -0.433. The zero-order valence-corrected chi connectivity index (χ0v) is 24.7. The topological polar surface area (TPSA) is 176 Å². The van der Waals surface area contributed by atoms with E-state index in [1.165, 1.54) is 42.8 Å². The van der Waals surface area contributed by atoms with E-state index in [1.54, 1.807) is 39.8 Å². The lowest BCUT2D eigenvalue weighted by Gasteiger charge is -2.22. The molecule has 206 valence electrons. The molecule has 2 aliphatic rings. The highest BCUT2D eigenvalue weighted by Crippen LogP contribution is 2.39. The van der Waals surface area contributed by atoms with Crippen LogP contribution in [0.2, 0.25) is 0 Å². The van der Waals surface area contributed by atoms with Gasteiger partial charge in [-0.15, -0.1) is 23.5 Å². The number of aryl methyl sites for hydroxylation is 2. The first-order chi connectivity index (χ1) is 17.6. The van der Waals surface area contributed by atoms with Crippen LogP contribution in [-0.2, 0) is 24.4 Å². The lowest BCUT2D eigenvalue weighted by Crippen LogP contribution is -2.26. The van der Waals surface area contributed by atoms with Crippen molar-refractivity contribution in [1.29, 1.82) is 0 Å². The Bertz CT molecular complexity index is 1550. The van der Waals surface area contributed by atoms with Crippen molar-refractivity contribution in [2.45, 2.75) is 57.8 Å². The quantitative estimate of drug-likeness (QED) is 0.295. The number of carbonyl (C=O) groups excluding carboxylic acids is 2. The first kappa shape index (κ1) is 30.0. The van der Waals surface area contributed by atoms with Gasteiger partial charge in [0.1, 0.15) is 0 Å². The van der Waals surface area contributed by atoms with Gasteiger partial charge in [-0.25, -0.2) is 21.6 Å². The van der Waals surface area contributed by atoms with Crippen molar-refractivity contribution in [3.63, 3.8) is 0 Å². The average molecular weight is 600 g/mol. The van der Waals surface area contributed by atoms with Crippen LogP contribution in [0.5, 0.6) is 0 Å². The van der Waals surface area contributed by atoms with E-state index in [2.05, 4.69) is 9.73 Å². The van der Waals surface area contributed by atoms with Crippen molar-refractivity contribution in [2.24, 2.45) is 16.5 Å². The SMILES string of the molecule is COC(=O)c1cc2c(cc1C)SCC(C)S2(=O)=O.Cc1cc2c(cc1C(=O)N=C(N)N)S(=O)(=O)C(C)CS2. The predicted octanol–water partition coefficient (Wildman–Crippen LogP) is 2.73. The number of benzene rings is 2. The Labute approximate surface area is 230 Å². The number of aliphatic imine (C=N–C) groups is 1. The zero-order chi connectivity index (χ0) is 28.6. The molecular weight excluding hydrogens is 571 g/mol. The summed E-state index contributed by atoms with van der Waals surface area (Å²) in [6.45, 7) is 6.84. The molecule has 38 heavy (non-hydrogen) atoms. The fraction of sp³-hybridized carbons (Fsp3) is 0.375. The first-order valence-corrected chi connectivity index (χ1v) is 16.4. The van der Waals surface area contributed by atoms with Crippen molar-refractivity contribution in [1.82, 2.24) is 0 Å². The number of hydrogen-bond donors (Lipinski definition) is 2. The maximum atomic E-state index is 12.3. The molecule has 0 aromatic heterocycles. The van der Waals surface area contributed by atoms with Gasteiger partial charge in [-0.1, -0.05) is 0 Å². The number of ether oxygens (including phenoxy) is 1. The van der Waals surface area contributed by atoms with Gasteiger partial charge in [0.25, 0.3) is 5.91 Å². The van der Waals surface area contributed by atoms with Crippen LogP contribution in [0, 0.1) is 13.8 Å². The van der Waals surface area contributed by atoms with Crippen molar-refractivity contribution < 1.29 is 31.2 Å². The number of nitrogens with two attached hydrogens (primary N) is 2. The average Bonchev–Trinajstić information content (AvgIpc) is 2.83. The van der Waals surface area contributed by atoms with Crippen molar-refractivity contribution in [2.75, 3.05) is 18.6 Å². The second kappa shape index (κ2) is 11.3. The summed E-state index contributed by atoms with van der Waals surface area (Å²) < 4.78 is 53.7. The summed E-state index contributed by atoms with van der Waals surface area (Å²) in [6.07, 6.45) is 0. The highest BCUT2D eigenvalue weighted by molar-refractivity contribution is 8.03. The van der Waals surface area contributed by atoms with Crippen molar-refractivity contribution >= 4 is 61.0 Å². The molecule has 2 heterocycles. The summed E-state index contributed by atoms with van der Waals surface area (Å²) in [6, 6.07) is 6.25.